The number of halogens is 1. The van der Waals surface area contributed by atoms with E-state index in [0.717, 1.165) is 17.8 Å². The van der Waals surface area contributed by atoms with Crippen LogP contribution in [0.2, 0.25) is 0 Å². The molecule has 0 aliphatic carbocycles. The van der Waals surface area contributed by atoms with Crippen LogP contribution < -0.4 is 9.21 Å². The quantitative estimate of drug-likeness (QED) is 0.711. The van der Waals surface area contributed by atoms with Crippen molar-refractivity contribution in [3.05, 3.63) is 59.9 Å². The Morgan fingerprint density at radius 2 is 1.72 bits per heavy atom. The van der Waals surface area contributed by atoms with E-state index in [4.69, 9.17) is 0 Å². The number of carbonyl (C=O) groups is 1. The Morgan fingerprint density at radius 1 is 1.03 bits per heavy atom. The van der Waals surface area contributed by atoms with Crippen molar-refractivity contribution in [3.63, 3.8) is 0 Å². The Bertz CT molecular complexity index is 954. The molecule has 0 bridgehead atoms. The smallest absolute Gasteiger partial charge is 0.219 e. The first kappa shape index (κ1) is 22.8. The van der Waals surface area contributed by atoms with E-state index in [0.29, 0.717) is 38.3 Å². The molecule has 2 saturated heterocycles. The number of rotatable bonds is 4. The van der Waals surface area contributed by atoms with Gasteiger partial charge in [0.2, 0.25) is 5.91 Å². The molecule has 0 spiro atoms. The molecule has 4 rings (SSSR count). The zero-order valence-electron chi connectivity index (χ0n) is 18.5. The molecule has 2 aromatic carbocycles. The second kappa shape index (κ2) is 9.27. The normalized spacial score (nSPS) is 22.7. The van der Waals surface area contributed by atoms with Gasteiger partial charge in [0.05, 0.1) is 11.7 Å². The number of carbonyl (C=O) groups excluding carboxylic acids is 1. The van der Waals surface area contributed by atoms with E-state index >= 15 is 4.39 Å². The third-order valence-corrected chi connectivity index (χ3v) is 8.39. The van der Waals surface area contributed by atoms with Crippen LogP contribution in [0.5, 0.6) is 0 Å². The SMILES string of the molecule is CC(=O)N1CCN(c2ccc(CN3CCC(C)N(c4ccccc4)S3(O)O)c(F)c2)CC1. The zero-order chi connectivity index (χ0) is 22.9. The third kappa shape index (κ3) is 4.56. The monoisotopic (exact) mass is 462 g/mol. The molecular formula is C23H31FN4O3S. The Labute approximate surface area is 190 Å². The predicted molar refractivity (Wildman–Crippen MR) is 127 cm³/mol. The molecule has 1 amide bonds. The van der Waals surface area contributed by atoms with Gasteiger partial charge in [-0.05, 0) is 48.6 Å². The minimum atomic E-state index is -3.27. The summed E-state index contributed by atoms with van der Waals surface area (Å²) in [6, 6.07) is 14.4. The molecule has 2 heterocycles. The summed E-state index contributed by atoms with van der Waals surface area (Å²) in [7, 11) is -3.27. The second-order valence-corrected chi connectivity index (χ2v) is 10.3. The lowest BCUT2D eigenvalue weighted by Gasteiger charge is -2.56. The standard InChI is InChI=1S/C23H31FN4O3S/c1-18-10-11-27(32(30,31)28(18)21-6-4-3-5-7-21)17-20-8-9-22(16-23(20)24)26-14-12-25(13-15-26)19(2)29/h3-9,16,18,30-31H,10-15,17H2,1-2H3. The van der Waals surface area contributed by atoms with E-state index in [9.17, 15) is 13.9 Å². The first-order valence-electron chi connectivity index (χ1n) is 10.9. The van der Waals surface area contributed by atoms with Crippen molar-refractivity contribution in [3.8, 4) is 0 Å². The van der Waals surface area contributed by atoms with Crippen LogP contribution in [-0.2, 0) is 11.3 Å². The number of anilines is 2. The van der Waals surface area contributed by atoms with Gasteiger partial charge in [0.15, 0.2) is 0 Å². The van der Waals surface area contributed by atoms with Crippen molar-refractivity contribution in [2.24, 2.45) is 0 Å². The molecule has 9 heteroatoms. The van der Waals surface area contributed by atoms with Crippen molar-refractivity contribution in [1.82, 2.24) is 9.21 Å². The van der Waals surface area contributed by atoms with Crippen LogP contribution in [0.25, 0.3) is 0 Å². The second-order valence-electron chi connectivity index (χ2n) is 8.42. The van der Waals surface area contributed by atoms with Gasteiger partial charge in [-0.2, -0.15) is 4.31 Å². The van der Waals surface area contributed by atoms with Crippen LogP contribution in [0.3, 0.4) is 0 Å². The molecule has 32 heavy (non-hydrogen) atoms. The average Bonchev–Trinajstić information content (AvgIpc) is 2.77. The summed E-state index contributed by atoms with van der Waals surface area (Å²) in [5.41, 5.74) is 1.95. The number of hydrogen-bond donors (Lipinski definition) is 2. The highest BCUT2D eigenvalue weighted by atomic mass is 32.3. The molecule has 174 valence electrons. The van der Waals surface area contributed by atoms with Crippen molar-refractivity contribution in [2.45, 2.75) is 32.9 Å². The highest BCUT2D eigenvalue weighted by Crippen LogP contribution is 2.54. The van der Waals surface area contributed by atoms with Crippen LogP contribution in [-0.4, -0.2) is 63.0 Å². The fraction of sp³-hybridized carbons (Fsp3) is 0.435. The van der Waals surface area contributed by atoms with Gasteiger partial charge in [-0.3, -0.25) is 18.2 Å². The largest absolute Gasteiger partial charge is 0.368 e. The lowest BCUT2D eigenvalue weighted by atomic mass is 10.1. The summed E-state index contributed by atoms with van der Waals surface area (Å²) < 4.78 is 40.5. The highest BCUT2D eigenvalue weighted by Gasteiger charge is 2.38. The molecule has 2 aromatic rings. The molecule has 0 radical (unpaired) electrons. The molecule has 2 aliphatic rings. The Balaban J connectivity index is 1.48. The average molecular weight is 463 g/mol. The molecule has 2 fully saturated rings. The summed E-state index contributed by atoms with van der Waals surface area (Å²) in [5, 5.41) is 0. The van der Waals surface area contributed by atoms with E-state index in [1.807, 2.05) is 43.3 Å². The minimum Gasteiger partial charge on any atom is -0.368 e. The van der Waals surface area contributed by atoms with Gasteiger partial charge in [0.25, 0.3) is 0 Å². The molecule has 2 N–H and O–H groups in total. The summed E-state index contributed by atoms with van der Waals surface area (Å²) in [4.78, 5) is 15.4. The van der Waals surface area contributed by atoms with E-state index in [2.05, 4.69) is 4.90 Å². The van der Waals surface area contributed by atoms with Gasteiger partial charge in [0.1, 0.15) is 5.82 Å². The van der Waals surface area contributed by atoms with Crippen molar-refractivity contribution in [2.75, 3.05) is 41.9 Å². The Kier molecular flexibility index (Phi) is 6.62. The van der Waals surface area contributed by atoms with Crippen LogP contribution in [0.1, 0.15) is 25.8 Å². The summed E-state index contributed by atoms with van der Waals surface area (Å²) in [6.07, 6.45) is 0.741. The van der Waals surface area contributed by atoms with Gasteiger partial charge in [0, 0.05) is 57.4 Å². The lowest BCUT2D eigenvalue weighted by molar-refractivity contribution is -0.129. The zero-order valence-corrected chi connectivity index (χ0v) is 19.3. The Hall–Kier alpha value is -2.33. The molecule has 2 aliphatic heterocycles. The number of nitrogens with zero attached hydrogens (tertiary/aromatic N) is 4. The van der Waals surface area contributed by atoms with Crippen molar-refractivity contribution < 1.29 is 18.3 Å². The predicted octanol–water partition coefficient (Wildman–Crippen LogP) is 4.18. The topological polar surface area (TPSA) is 70.5 Å². The summed E-state index contributed by atoms with van der Waals surface area (Å²) in [5.74, 6) is -0.304. The lowest BCUT2D eigenvalue weighted by Crippen LogP contribution is -2.50. The van der Waals surface area contributed by atoms with Crippen LogP contribution in [0, 0.1) is 5.82 Å². The summed E-state index contributed by atoms with van der Waals surface area (Å²) >= 11 is 0. The first-order valence-corrected chi connectivity index (χ1v) is 12.4. The van der Waals surface area contributed by atoms with Gasteiger partial charge in [-0.1, -0.05) is 24.3 Å². The molecule has 1 atom stereocenters. The van der Waals surface area contributed by atoms with Gasteiger partial charge < -0.3 is 9.80 Å². The number of para-hydroxylation sites is 1. The van der Waals surface area contributed by atoms with E-state index < -0.39 is 11.0 Å². The van der Waals surface area contributed by atoms with Gasteiger partial charge in [-0.15, -0.1) is 0 Å². The number of amides is 1. The molecule has 7 nitrogen and oxygen atoms in total. The molecule has 0 aromatic heterocycles. The van der Waals surface area contributed by atoms with E-state index in [1.165, 1.54) is 6.07 Å². The van der Waals surface area contributed by atoms with Crippen molar-refractivity contribution in [1.29, 1.82) is 0 Å². The van der Waals surface area contributed by atoms with Crippen LogP contribution >= 0.6 is 11.0 Å². The highest BCUT2D eigenvalue weighted by molar-refractivity contribution is 8.23. The van der Waals surface area contributed by atoms with Gasteiger partial charge in [-0.25, -0.2) is 4.39 Å². The Morgan fingerprint density at radius 3 is 2.34 bits per heavy atom. The molecule has 1 unspecified atom stereocenters. The molecular weight excluding hydrogens is 431 g/mol. The van der Waals surface area contributed by atoms with Crippen molar-refractivity contribution >= 4 is 28.2 Å². The molecule has 0 saturated carbocycles. The van der Waals surface area contributed by atoms with E-state index in [1.54, 1.807) is 26.5 Å². The fourth-order valence-electron chi connectivity index (χ4n) is 4.40. The summed E-state index contributed by atoms with van der Waals surface area (Å²) in [6.45, 7) is 6.70. The maximum atomic E-state index is 15.0. The van der Waals surface area contributed by atoms with Gasteiger partial charge >= 0.3 is 0 Å². The fourth-order valence-corrected chi connectivity index (χ4v) is 6.31. The number of benzene rings is 2. The van der Waals surface area contributed by atoms with Crippen LogP contribution in [0.4, 0.5) is 15.8 Å². The third-order valence-electron chi connectivity index (χ3n) is 6.29. The number of hydrogen-bond acceptors (Lipinski definition) is 6. The maximum absolute atomic E-state index is 15.0. The first-order chi connectivity index (χ1) is 15.3. The number of piperazine rings is 1. The van der Waals surface area contributed by atoms with E-state index in [-0.39, 0.29) is 24.3 Å². The maximum Gasteiger partial charge on any atom is 0.219 e. The van der Waals surface area contributed by atoms with Crippen LogP contribution in [0.15, 0.2) is 48.5 Å². The minimum absolute atomic E-state index is 0.0421.